The first-order valence-electron chi connectivity index (χ1n) is 5.43. The predicted molar refractivity (Wildman–Crippen MR) is 61.9 cm³/mol. The van der Waals surface area contributed by atoms with Crippen LogP contribution in [0.4, 0.5) is 0 Å². The molecule has 0 atom stereocenters. The van der Waals surface area contributed by atoms with Gasteiger partial charge in [-0.2, -0.15) is 0 Å². The van der Waals surface area contributed by atoms with Crippen molar-refractivity contribution in [3.63, 3.8) is 0 Å². The fourth-order valence-electron chi connectivity index (χ4n) is 1.64. The average molecular weight is 231 g/mol. The molecule has 0 bridgehead atoms. The first-order valence-corrected chi connectivity index (χ1v) is 5.43. The van der Waals surface area contributed by atoms with Gasteiger partial charge in [0.1, 0.15) is 0 Å². The first kappa shape index (κ1) is 11.3. The molecule has 0 radical (unpaired) electrons. The SMILES string of the molecule is O=C(O)CCCc1cccc(-n2ccnn2)c1. The standard InChI is InChI=1S/C12H13N3O2/c16-12(17)6-2-4-10-3-1-5-11(9-10)15-8-7-13-14-15/h1,3,5,7-9H,2,4,6H2,(H,16,17). The van der Waals surface area contributed by atoms with E-state index in [1.165, 1.54) is 0 Å². The van der Waals surface area contributed by atoms with Crippen LogP contribution in [0.15, 0.2) is 36.7 Å². The summed E-state index contributed by atoms with van der Waals surface area (Å²) in [6.07, 6.45) is 5.01. The van der Waals surface area contributed by atoms with Gasteiger partial charge in [-0.1, -0.05) is 17.3 Å². The first-order chi connectivity index (χ1) is 8.25. The van der Waals surface area contributed by atoms with Crippen molar-refractivity contribution in [1.29, 1.82) is 0 Å². The molecule has 0 spiro atoms. The third-order valence-electron chi connectivity index (χ3n) is 2.45. The van der Waals surface area contributed by atoms with Gasteiger partial charge in [0.15, 0.2) is 0 Å². The van der Waals surface area contributed by atoms with Gasteiger partial charge in [0.05, 0.1) is 18.1 Å². The lowest BCUT2D eigenvalue weighted by Gasteiger charge is -2.04. The number of carbonyl (C=O) groups is 1. The van der Waals surface area contributed by atoms with Gasteiger partial charge in [-0.15, -0.1) is 5.10 Å². The molecule has 0 saturated carbocycles. The maximum Gasteiger partial charge on any atom is 0.303 e. The molecule has 5 heteroatoms. The zero-order valence-electron chi connectivity index (χ0n) is 9.28. The summed E-state index contributed by atoms with van der Waals surface area (Å²) in [5.41, 5.74) is 2.05. The summed E-state index contributed by atoms with van der Waals surface area (Å²) in [4.78, 5) is 10.4. The molecule has 5 nitrogen and oxygen atoms in total. The van der Waals surface area contributed by atoms with Crippen molar-refractivity contribution in [1.82, 2.24) is 15.0 Å². The van der Waals surface area contributed by atoms with Gasteiger partial charge in [-0.25, -0.2) is 4.68 Å². The maximum atomic E-state index is 10.4. The Hall–Kier alpha value is -2.17. The highest BCUT2D eigenvalue weighted by atomic mass is 16.4. The Labute approximate surface area is 98.7 Å². The maximum absolute atomic E-state index is 10.4. The lowest BCUT2D eigenvalue weighted by Crippen LogP contribution is -1.98. The topological polar surface area (TPSA) is 68.0 Å². The van der Waals surface area contributed by atoms with Crippen LogP contribution in [0.25, 0.3) is 5.69 Å². The third kappa shape index (κ3) is 3.14. The summed E-state index contributed by atoms with van der Waals surface area (Å²) in [6.45, 7) is 0. The quantitative estimate of drug-likeness (QED) is 0.850. The van der Waals surface area contributed by atoms with E-state index in [9.17, 15) is 4.79 Å². The fraction of sp³-hybridized carbons (Fsp3) is 0.250. The number of hydrogen-bond acceptors (Lipinski definition) is 3. The van der Waals surface area contributed by atoms with Crippen molar-refractivity contribution in [3.8, 4) is 5.69 Å². The van der Waals surface area contributed by atoms with Crippen LogP contribution < -0.4 is 0 Å². The summed E-state index contributed by atoms with van der Waals surface area (Å²) in [5, 5.41) is 16.2. The molecule has 0 saturated heterocycles. The number of carboxylic acids is 1. The van der Waals surface area contributed by atoms with E-state index in [1.807, 2.05) is 24.3 Å². The number of aromatic nitrogens is 3. The Morgan fingerprint density at radius 3 is 3.00 bits per heavy atom. The molecule has 2 aromatic rings. The molecule has 0 unspecified atom stereocenters. The normalized spacial score (nSPS) is 10.4. The highest BCUT2D eigenvalue weighted by Crippen LogP contribution is 2.11. The van der Waals surface area contributed by atoms with Gasteiger partial charge in [-0.05, 0) is 30.5 Å². The Morgan fingerprint density at radius 2 is 2.29 bits per heavy atom. The number of aryl methyl sites for hydroxylation is 1. The predicted octanol–water partition coefficient (Wildman–Crippen LogP) is 1.67. The summed E-state index contributed by atoms with van der Waals surface area (Å²) < 4.78 is 1.68. The highest BCUT2D eigenvalue weighted by Gasteiger charge is 2.01. The summed E-state index contributed by atoms with van der Waals surface area (Å²) in [6, 6.07) is 7.86. The molecule has 1 aromatic carbocycles. The second-order valence-corrected chi connectivity index (χ2v) is 3.76. The van der Waals surface area contributed by atoms with Crippen LogP contribution in [0.2, 0.25) is 0 Å². The van der Waals surface area contributed by atoms with Crippen molar-refractivity contribution in [2.45, 2.75) is 19.3 Å². The molecule has 0 amide bonds. The van der Waals surface area contributed by atoms with Gasteiger partial charge >= 0.3 is 5.97 Å². The fourth-order valence-corrected chi connectivity index (χ4v) is 1.64. The Balaban J connectivity index is 2.04. The highest BCUT2D eigenvalue weighted by molar-refractivity contribution is 5.66. The van der Waals surface area contributed by atoms with E-state index in [0.717, 1.165) is 17.7 Å². The van der Waals surface area contributed by atoms with E-state index in [0.29, 0.717) is 6.42 Å². The minimum absolute atomic E-state index is 0.202. The molecule has 0 aliphatic heterocycles. The number of aliphatic carboxylic acids is 1. The lowest BCUT2D eigenvalue weighted by molar-refractivity contribution is -0.137. The number of rotatable bonds is 5. The van der Waals surface area contributed by atoms with E-state index < -0.39 is 5.97 Å². The molecule has 0 fully saturated rings. The van der Waals surface area contributed by atoms with Crippen LogP contribution in [-0.4, -0.2) is 26.1 Å². The van der Waals surface area contributed by atoms with Crippen molar-refractivity contribution in [3.05, 3.63) is 42.2 Å². The minimum Gasteiger partial charge on any atom is -0.481 e. The van der Waals surface area contributed by atoms with Gasteiger partial charge in [0.2, 0.25) is 0 Å². The molecular formula is C12H13N3O2. The van der Waals surface area contributed by atoms with Crippen molar-refractivity contribution >= 4 is 5.97 Å². The van der Waals surface area contributed by atoms with Crippen molar-refractivity contribution in [2.24, 2.45) is 0 Å². The molecule has 0 aliphatic rings. The zero-order valence-corrected chi connectivity index (χ0v) is 9.28. The van der Waals surface area contributed by atoms with Gasteiger partial charge in [0, 0.05) is 6.42 Å². The van der Waals surface area contributed by atoms with Crippen molar-refractivity contribution in [2.75, 3.05) is 0 Å². The zero-order chi connectivity index (χ0) is 12.1. The van der Waals surface area contributed by atoms with Crippen LogP contribution in [0.5, 0.6) is 0 Å². The summed E-state index contributed by atoms with van der Waals surface area (Å²) in [7, 11) is 0. The number of carboxylic acid groups (broad SMARTS) is 1. The monoisotopic (exact) mass is 231 g/mol. The smallest absolute Gasteiger partial charge is 0.303 e. The largest absolute Gasteiger partial charge is 0.481 e. The van der Waals surface area contributed by atoms with E-state index in [4.69, 9.17) is 5.11 Å². The van der Waals surface area contributed by atoms with E-state index in [1.54, 1.807) is 17.1 Å². The average Bonchev–Trinajstić information content (AvgIpc) is 2.82. The van der Waals surface area contributed by atoms with Crippen LogP contribution in [0.3, 0.4) is 0 Å². The van der Waals surface area contributed by atoms with Crippen LogP contribution in [0, 0.1) is 0 Å². The summed E-state index contributed by atoms with van der Waals surface area (Å²) in [5.74, 6) is -0.752. The molecule has 0 aliphatic carbocycles. The second kappa shape index (κ2) is 5.25. The van der Waals surface area contributed by atoms with Crippen LogP contribution >= 0.6 is 0 Å². The number of hydrogen-bond donors (Lipinski definition) is 1. The van der Waals surface area contributed by atoms with Crippen LogP contribution in [-0.2, 0) is 11.2 Å². The third-order valence-corrected chi connectivity index (χ3v) is 2.45. The molecular weight excluding hydrogens is 218 g/mol. The van der Waals surface area contributed by atoms with Crippen LogP contribution in [0.1, 0.15) is 18.4 Å². The lowest BCUT2D eigenvalue weighted by atomic mass is 10.1. The minimum atomic E-state index is -0.752. The number of nitrogens with zero attached hydrogens (tertiary/aromatic N) is 3. The van der Waals surface area contributed by atoms with Gasteiger partial charge in [0.25, 0.3) is 0 Å². The van der Waals surface area contributed by atoms with Crippen molar-refractivity contribution < 1.29 is 9.90 Å². The number of benzene rings is 1. The van der Waals surface area contributed by atoms with E-state index >= 15 is 0 Å². The molecule has 1 aromatic heterocycles. The Bertz CT molecular complexity index is 494. The molecule has 1 heterocycles. The molecule has 17 heavy (non-hydrogen) atoms. The Morgan fingerprint density at radius 1 is 1.41 bits per heavy atom. The molecule has 2 rings (SSSR count). The Kier molecular flexibility index (Phi) is 3.49. The van der Waals surface area contributed by atoms with E-state index in [-0.39, 0.29) is 6.42 Å². The van der Waals surface area contributed by atoms with Gasteiger partial charge in [-0.3, -0.25) is 4.79 Å². The molecule has 88 valence electrons. The second-order valence-electron chi connectivity index (χ2n) is 3.76. The van der Waals surface area contributed by atoms with Gasteiger partial charge < -0.3 is 5.11 Å². The molecule has 1 N–H and O–H groups in total. The van der Waals surface area contributed by atoms with E-state index in [2.05, 4.69) is 10.3 Å². The summed E-state index contributed by atoms with van der Waals surface area (Å²) >= 11 is 0.